The summed E-state index contributed by atoms with van der Waals surface area (Å²) in [5.74, 6) is -1.43. The van der Waals surface area contributed by atoms with Crippen molar-refractivity contribution in [1.29, 1.82) is 0 Å². The van der Waals surface area contributed by atoms with E-state index in [1.54, 1.807) is 31.4 Å². The summed E-state index contributed by atoms with van der Waals surface area (Å²) in [7, 11) is 1.65. The first-order chi connectivity index (χ1) is 15.9. The molecule has 11 nitrogen and oxygen atoms in total. The molecule has 33 heavy (non-hydrogen) atoms. The van der Waals surface area contributed by atoms with E-state index in [2.05, 4.69) is 20.8 Å². The number of carbonyl (C=O) groups excluding carboxylic acids is 3. The molecule has 0 atom stereocenters. The summed E-state index contributed by atoms with van der Waals surface area (Å²) in [5, 5.41) is 13.2. The Labute approximate surface area is 190 Å². The molecule has 0 bridgehead atoms. The van der Waals surface area contributed by atoms with Crippen LogP contribution in [-0.4, -0.2) is 62.8 Å². The van der Waals surface area contributed by atoms with Crippen LogP contribution in [0.1, 0.15) is 38.5 Å². The van der Waals surface area contributed by atoms with E-state index in [0.29, 0.717) is 12.2 Å². The molecule has 1 aromatic carbocycles. The van der Waals surface area contributed by atoms with Crippen molar-refractivity contribution in [3.8, 4) is 0 Å². The van der Waals surface area contributed by atoms with Crippen molar-refractivity contribution >= 4 is 23.3 Å². The zero-order valence-electron chi connectivity index (χ0n) is 18.8. The molecule has 0 aliphatic rings. The number of esters is 1. The summed E-state index contributed by atoms with van der Waals surface area (Å²) in [4.78, 5) is 37.6. The Kier molecular flexibility index (Phi) is 8.03. The maximum Gasteiger partial charge on any atom is 0.340 e. The van der Waals surface area contributed by atoms with Crippen LogP contribution < -0.4 is 5.32 Å². The van der Waals surface area contributed by atoms with Gasteiger partial charge in [0.05, 0.1) is 11.3 Å². The van der Waals surface area contributed by atoms with E-state index in [1.165, 1.54) is 17.1 Å². The first-order valence-corrected chi connectivity index (χ1v) is 10.4. The molecule has 0 unspecified atom stereocenters. The van der Waals surface area contributed by atoms with Gasteiger partial charge in [0.1, 0.15) is 12.9 Å². The van der Waals surface area contributed by atoms with E-state index in [-0.39, 0.29) is 23.6 Å². The van der Waals surface area contributed by atoms with E-state index in [9.17, 15) is 14.4 Å². The Morgan fingerprint density at radius 1 is 1.12 bits per heavy atom. The fraction of sp³-hybridized carbons (Fsp3) is 0.364. The number of nitrogens with zero attached hydrogens (tertiary/aromatic N) is 5. The highest BCUT2D eigenvalue weighted by Crippen LogP contribution is 2.19. The topological polar surface area (TPSA) is 130 Å². The van der Waals surface area contributed by atoms with Crippen molar-refractivity contribution in [2.75, 3.05) is 25.6 Å². The number of para-hydroxylation sites is 1. The second-order valence-electron chi connectivity index (χ2n) is 7.38. The van der Waals surface area contributed by atoms with Crippen LogP contribution in [0.15, 0.2) is 36.7 Å². The van der Waals surface area contributed by atoms with E-state index < -0.39 is 18.5 Å². The van der Waals surface area contributed by atoms with Crippen LogP contribution in [0.2, 0.25) is 0 Å². The normalized spacial score (nSPS) is 10.8. The summed E-state index contributed by atoms with van der Waals surface area (Å²) in [5.41, 5.74) is 2.69. The first-order valence-electron chi connectivity index (χ1n) is 10.4. The number of carbonyl (C=O) groups is 3. The van der Waals surface area contributed by atoms with Crippen LogP contribution in [0, 0.1) is 13.8 Å². The predicted octanol–water partition coefficient (Wildman–Crippen LogP) is 1.81. The molecule has 0 fully saturated rings. The highest BCUT2D eigenvalue weighted by atomic mass is 16.5. The quantitative estimate of drug-likeness (QED) is 0.264. The molecule has 11 heteroatoms. The second-order valence-corrected chi connectivity index (χ2v) is 7.38. The van der Waals surface area contributed by atoms with Crippen LogP contribution in [0.4, 0.5) is 5.69 Å². The number of methoxy groups -OCH3 is 1. The fourth-order valence-corrected chi connectivity index (χ4v) is 3.44. The third kappa shape index (κ3) is 6.10. The molecule has 3 aromatic rings. The number of hydrogen-bond acceptors (Lipinski definition) is 8. The molecule has 0 saturated carbocycles. The number of nitrogens with one attached hydrogen (secondary N) is 1. The Hall–Kier alpha value is -3.86. The number of Topliss-reactive ketones (excluding diaryl/α,β-unsaturated/α-hetero) is 1. The minimum atomic E-state index is -0.712. The number of ketones is 1. The van der Waals surface area contributed by atoms with Crippen molar-refractivity contribution in [3.63, 3.8) is 0 Å². The Morgan fingerprint density at radius 2 is 1.91 bits per heavy atom. The zero-order valence-corrected chi connectivity index (χ0v) is 18.8. The molecule has 3 rings (SSSR count). The predicted molar refractivity (Wildman–Crippen MR) is 118 cm³/mol. The number of aromatic nitrogens is 5. The van der Waals surface area contributed by atoms with Crippen LogP contribution in [0.25, 0.3) is 0 Å². The second kappa shape index (κ2) is 11.1. The largest absolute Gasteiger partial charge is 0.454 e. The molecular formula is C22H26N6O5. The summed E-state index contributed by atoms with van der Waals surface area (Å²) in [6.45, 7) is 4.63. The van der Waals surface area contributed by atoms with Gasteiger partial charge in [0.15, 0.2) is 6.61 Å². The fourth-order valence-electron chi connectivity index (χ4n) is 3.44. The number of anilines is 1. The smallest absolute Gasteiger partial charge is 0.340 e. The number of amides is 1. The van der Waals surface area contributed by atoms with E-state index in [1.807, 2.05) is 18.4 Å². The van der Waals surface area contributed by atoms with Crippen molar-refractivity contribution < 1.29 is 23.9 Å². The lowest BCUT2D eigenvalue weighted by molar-refractivity contribution is -0.116. The van der Waals surface area contributed by atoms with E-state index in [0.717, 1.165) is 24.4 Å². The molecule has 0 radical (unpaired) electrons. The van der Waals surface area contributed by atoms with E-state index >= 15 is 0 Å². The lowest BCUT2D eigenvalue weighted by atomic mass is 10.1. The van der Waals surface area contributed by atoms with Gasteiger partial charge in [0, 0.05) is 37.2 Å². The van der Waals surface area contributed by atoms with Gasteiger partial charge in [-0.2, -0.15) is 0 Å². The monoisotopic (exact) mass is 454 g/mol. The van der Waals surface area contributed by atoms with Gasteiger partial charge in [0.2, 0.25) is 11.7 Å². The number of ether oxygens (including phenoxy) is 2. The Bertz CT molecular complexity index is 1120. The molecule has 2 aromatic heterocycles. The maximum atomic E-state index is 12.7. The molecule has 1 amide bonds. The summed E-state index contributed by atoms with van der Waals surface area (Å²) < 4.78 is 13.7. The minimum Gasteiger partial charge on any atom is -0.454 e. The minimum absolute atomic E-state index is 0.116. The number of hydrogen-bond donors (Lipinski definition) is 1. The Morgan fingerprint density at radius 3 is 2.64 bits per heavy atom. The summed E-state index contributed by atoms with van der Waals surface area (Å²) in [6, 6.07) is 8.20. The van der Waals surface area contributed by atoms with Gasteiger partial charge < -0.3 is 19.4 Å². The van der Waals surface area contributed by atoms with Gasteiger partial charge in [0.25, 0.3) is 0 Å². The van der Waals surface area contributed by atoms with Crippen LogP contribution in [0.5, 0.6) is 0 Å². The lowest BCUT2D eigenvalue weighted by Crippen LogP contribution is -2.21. The van der Waals surface area contributed by atoms with Crippen molar-refractivity contribution in [2.24, 2.45) is 0 Å². The van der Waals surface area contributed by atoms with Crippen LogP contribution in [0.3, 0.4) is 0 Å². The zero-order chi connectivity index (χ0) is 23.8. The third-order valence-corrected chi connectivity index (χ3v) is 5.06. The highest BCUT2D eigenvalue weighted by molar-refractivity contribution is 6.03. The first kappa shape index (κ1) is 23.8. The molecular weight excluding hydrogens is 428 g/mol. The molecule has 2 heterocycles. The van der Waals surface area contributed by atoms with E-state index in [4.69, 9.17) is 9.47 Å². The van der Waals surface area contributed by atoms with Crippen molar-refractivity contribution in [2.45, 2.75) is 33.4 Å². The average molecular weight is 454 g/mol. The number of rotatable bonds is 11. The number of aryl methyl sites for hydroxylation is 1. The van der Waals surface area contributed by atoms with Gasteiger partial charge in [-0.15, -0.1) is 5.10 Å². The molecule has 0 spiro atoms. The molecule has 0 aliphatic carbocycles. The third-order valence-electron chi connectivity index (χ3n) is 5.06. The highest BCUT2D eigenvalue weighted by Gasteiger charge is 2.20. The SMILES string of the molecule is COCCCn1c(C)cc(C(=O)COC(=O)c2ccccc2NC(=O)Cn2cnnn2)c1C. The van der Waals surface area contributed by atoms with Crippen molar-refractivity contribution in [3.05, 3.63) is 59.2 Å². The van der Waals surface area contributed by atoms with Crippen LogP contribution >= 0.6 is 0 Å². The molecule has 0 aliphatic heterocycles. The van der Waals surface area contributed by atoms with Gasteiger partial charge in [-0.1, -0.05) is 12.1 Å². The maximum absolute atomic E-state index is 12.7. The number of benzene rings is 1. The standard InChI is InChI=1S/C22H26N6O5/c1-15-11-18(16(2)28(15)9-6-10-32-3)20(29)13-33-22(31)17-7-4-5-8-19(17)24-21(30)12-27-14-23-25-26-27/h4-5,7-8,11,14H,6,9-10,12-13H2,1-3H3,(H,24,30). The summed E-state index contributed by atoms with van der Waals surface area (Å²) >= 11 is 0. The van der Waals surface area contributed by atoms with Gasteiger partial charge in [-0.25, -0.2) is 9.48 Å². The van der Waals surface area contributed by atoms with Gasteiger partial charge in [-0.05, 0) is 48.9 Å². The van der Waals surface area contributed by atoms with Gasteiger partial charge in [-0.3, -0.25) is 9.59 Å². The van der Waals surface area contributed by atoms with Crippen LogP contribution in [-0.2, 0) is 27.4 Å². The Balaban J connectivity index is 1.62. The lowest BCUT2D eigenvalue weighted by Gasteiger charge is -2.11. The molecule has 1 N–H and O–H groups in total. The number of tetrazole rings is 1. The van der Waals surface area contributed by atoms with Gasteiger partial charge >= 0.3 is 5.97 Å². The summed E-state index contributed by atoms with van der Waals surface area (Å²) in [6.07, 6.45) is 2.13. The molecule has 174 valence electrons. The average Bonchev–Trinajstić information content (AvgIpc) is 3.40. The van der Waals surface area contributed by atoms with Crippen molar-refractivity contribution in [1.82, 2.24) is 24.8 Å². The molecule has 0 saturated heterocycles.